The number of fused-ring (bicyclic) bond motifs is 1. The van der Waals surface area contributed by atoms with Crippen molar-refractivity contribution in [3.8, 4) is 11.3 Å². The Morgan fingerprint density at radius 3 is 3.04 bits per heavy atom. The van der Waals surface area contributed by atoms with Crippen LogP contribution in [0, 0.1) is 0 Å². The van der Waals surface area contributed by atoms with Crippen LogP contribution in [-0.4, -0.2) is 24.1 Å². The Hall–Kier alpha value is -2.67. The average molecular weight is 330 g/mol. The minimum atomic E-state index is -0.439. The Kier molecular flexibility index (Phi) is 4.38. The van der Waals surface area contributed by atoms with Crippen molar-refractivity contribution in [3.05, 3.63) is 46.1 Å². The molecule has 0 aliphatic carbocycles. The molecule has 0 saturated heterocycles. The van der Waals surface area contributed by atoms with Crippen LogP contribution >= 0.6 is 11.3 Å². The molecule has 0 amide bonds. The highest BCUT2D eigenvalue weighted by Gasteiger charge is 2.12. The summed E-state index contributed by atoms with van der Waals surface area (Å²) in [5.74, 6) is -0.352. The molecular weight excluding hydrogens is 316 g/mol. The number of carbonyl (C=O) groups excluding carboxylic acids is 1. The van der Waals surface area contributed by atoms with Gasteiger partial charge in [0, 0.05) is 10.8 Å². The summed E-state index contributed by atoms with van der Waals surface area (Å²) in [5.41, 5.74) is 1.01. The lowest BCUT2D eigenvalue weighted by atomic mass is 10.1. The number of anilines is 1. The number of esters is 1. The fourth-order valence-corrected chi connectivity index (χ4v) is 2.79. The van der Waals surface area contributed by atoms with Crippen molar-refractivity contribution in [2.75, 3.05) is 18.5 Å². The predicted octanol–water partition coefficient (Wildman–Crippen LogP) is 2.89. The van der Waals surface area contributed by atoms with Crippen molar-refractivity contribution in [1.82, 2.24) is 4.98 Å². The molecule has 0 fully saturated rings. The fraction of sp³-hybridized carbons (Fsp3) is 0.188. The first-order valence-corrected chi connectivity index (χ1v) is 7.93. The first kappa shape index (κ1) is 15.2. The lowest BCUT2D eigenvalue weighted by Crippen LogP contribution is -2.16. The van der Waals surface area contributed by atoms with Crippen LogP contribution in [0.5, 0.6) is 0 Å². The number of hydrogen-bond acceptors (Lipinski definition) is 7. The van der Waals surface area contributed by atoms with Crippen molar-refractivity contribution >= 4 is 33.4 Å². The molecule has 0 atom stereocenters. The summed E-state index contributed by atoms with van der Waals surface area (Å²) in [6.45, 7) is 2.12. The molecule has 0 bridgehead atoms. The van der Waals surface area contributed by atoms with Gasteiger partial charge in [0.1, 0.15) is 12.1 Å². The van der Waals surface area contributed by atoms with Crippen LogP contribution in [0.4, 0.5) is 5.13 Å². The van der Waals surface area contributed by atoms with Crippen LogP contribution in [0.1, 0.15) is 6.92 Å². The van der Waals surface area contributed by atoms with E-state index < -0.39 is 5.63 Å². The SMILES string of the molecule is CCOC(=O)CNc1nc(-c2cc3ccccc3oc2=O)cs1. The highest BCUT2D eigenvalue weighted by Crippen LogP contribution is 2.25. The van der Waals surface area contributed by atoms with Crippen LogP contribution in [0.3, 0.4) is 0 Å². The zero-order valence-corrected chi connectivity index (χ0v) is 13.2. The molecule has 0 spiro atoms. The number of hydrogen-bond donors (Lipinski definition) is 1. The van der Waals surface area contributed by atoms with Gasteiger partial charge in [-0.2, -0.15) is 0 Å². The number of carbonyl (C=O) groups is 1. The number of para-hydroxylation sites is 1. The Bertz CT molecular complexity index is 900. The van der Waals surface area contributed by atoms with Crippen molar-refractivity contribution < 1.29 is 13.9 Å². The molecule has 0 saturated carbocycles. The van der Waals surface area contributed by atoms with Gasteiger partial charge in [0.2, 0.25) is 0 Å². The van der Waals surface area contributed by atoms with Gasteiger partial charge in [0.25, 0.3) is 0 Å². The minimum Gasteiger partial charge on any atom is -0.465 e. The lowest BCUT2D eigenvalue weighted by molar-refractivity contribution is -0.140. The molecule has 0 aliphatic rings. The van der Waals surface area contributed by atoms with E-state index in [1.54, 1.807) is 24.4 Å². The van der Waals surface area contributed by atoms with E-state index in [1.165, 1.54) is 11.3 Å². The largest absolute Gasteiger partial charge is 0.465 e. The van der Waals surface area contributed by atoms with Crippen LogP contribution in [0.2, 0.25) is 0 Å². The van der Waals surface area contributed by atoms with E-state index in [1.807, 2.05) is 18.2 Å². The van der Waals surface area contributed by atoms with Gasteiger partial charge in [-0.1, -0.05) is 18.2 Å². The van der Waals surface area contributed by atoms with Crippen LogP contribution in [-0.2, 0) is 9.53 Å². The van der Waals surface area contributed by atoms with E-state index in [4.69, 9.17) is 9.15 Å². The second-order valence-corrected chi connectivity index (χ2v) is 5.54. The van der Waals surface area contributed by atoms with E-state index in [2.05, 4.69) is 10.3 Å². The Morgan fingerprint density at radius 1 is 1.39 bits per heavy atom. The summed E-state index contributed by atoms with van der Waals surface area (Å²) in [5, 5.41) is 5.99. The normalized spacial score (nSPS) is 10.7. The average Bonchev–Trinajstić information content (AvgIpc) is 3.01. The first-order chi connectivity index (χ1) is 11.2. The van der Waals surface area contributed by atoms with Gasteiger partial charge >= 0.3 is 11.6 Å². The number of thiazole rings is 1. The van der Waals surface area contributed by atoms with Gasteiger partial charge in [0.05, 0.1) is 17.9 Å². The quantitative estimate of drug-likeness (QED) is 0.572. The molecule has 2 heterocycles. The lowest BCUT2D eigenvalue weighted by Gasteiger charge is -2.02. The number of rotatable bonds is 5. The summed E-state index contributed by atoms with van der Waals surface area (Å²) in [6, 6.07) is 9.05. The summed E-state index contributed by atoms with van der Waals surface area (Å²) in [7, 11) is 0. The number of nitrogens with zero attached hydrogens (tertiary/aromatic N) is 1. The van der Waals surface area contributed by atoms with Crippen molar-refractivity contribution in [2.45, 2.75) is 6.92 Å². The van der Waals surface area contributed by atoms with Crippen molar-refractivity contribution in [1.29, 1.82) is 0 Å². The third kappa shape index (κ3) is 3.40. The van der Waals surface area contributed by atoms with Crippen LogP contribution in [0.25, 0.3) is 22.2 Å². The van der Waals surface area contributed by atoms with Gasteiger partial charge in [-0.3, -0.25) is 4.79 Å². The third-order valence-electron chi connectivity index (χ3n) is 3.11. The topological polar surface area (TPSA) is 81.4 Å². The second-order valence-electron chi connectivity index (χ2n) is 4.68. The molecule has 3 aromatic rings. The molecule has 3 rings (SSSR count). The van der Waals surface area contributed by atoms with E-state index in [0.717, 1.165) is 5.39 Å². The molecular formula is C16H14N2O4S. The number of ether oxygens (including phenoxy) is 1. The molecule has 118 valence electrons. The molecule has 0 radical (unpaired) electrons. The molecule has 2 aromatic heterocycles. The van der Waals surface area contributed by atoms with Crippen LogP contribution < -0.4 is 10.9 Å². The summed E-state index contributed by atoms with van der Waals surface area (Å²) in [4.78, 5) is 27.7. The van der Waals surface area contributed by atoms with Gasteiger partial charge in [-0.05, 0) is 19.1 Å². The second kappa shape index (κ2) is 6.62. The highest BCUT2D eigenvalue weighted by atomic mass is 32.1. The standard InChI is InChI=1S/C16H14N2O4S/c1-2-21-14(19)8-17-16-18-12(9-23-16)11-7-10-5-3-4-6-13(10)22-15(11)20/h3-7,9H,2,8H2,1H3,(H,17,18). The number of nitrogens with one attached hydrogen (secondary N) is 1. The number of benzene rings is 1. The molecule has 1 aromatic carbocycles. The van der Waals surface area contributed by atoms with Crippen LogP contribution in [0.15, 0.2) is 44.9 Å². The van der Waals surface area contributed by atoms with Gasteiger partial charge in [-0.25, -0.2) is 9.78 Å². The van der Waals surface area contributed by atoms with E-state index in [0.29, 0.717) is 28.6 Å². The van der Waals surface area contributed by atoms with E-state index in [-0.39, 0.29) is 12.5 Å². The maximum Gasteiger partial charge on any atom is 0.345 e. The third-order valence-corrected chi connectivity index (χ3v) is 3.91. The maximum absolute atomic E-state index is 12.1. The molecule has 1 N–H and O–H groups in total. The summed E-state index contributed by atoms with van der Waals surface area (Å²) >= 11 is 1.31. The van der Waals surface area contributed by atoms with Gasteiger partial charge < -0.3 is 14.5 Å². The Morgan fingerprint density at radius 2 is 2.22 bits per heavy atom. The smallest absolute Gasteiger partial charge is 0.345 e. The zero-order valence-electron chi connectivity index (χ0n) is 12.4. The number of aromatic nitrogens is 1. The van der Waals surface area contributed by atoms with Gasteiger partial charge in [-0.15, -0.1) is 11.3 Å². The fourth-order valence-electron chi connectivity index (χ4n) is 2.08. The Balaban J connectivity index is 1.84. The summed E-state index contributed by atoms with van der Waals surface area (Å²) < 4.78 is 10.1. The van der Waals surface area contributed by atoms with Crippen molar-refractivity contribution in [2.24, 2.45) is 0 Å². The molecule has 6 nitrogen and oxygen atoms in total. The van der Waals surface area contributed by atoms with E-state index >= 15 is 0 Å². The van der Waals surface area contributed by atoms with Gasteiger partial charge in [0.15, 0.2) is 5.13 Å². The first-order valence-electron chi connectivity index (χ1n) is 7.05. The summed E-state index contributed by atoms with van der Waals surface area (Å²) in [6.07, 6.45) is 0. The zero-order chi connectivity index (χ0) is 16.2. The molecule has 0 unspecified atom stereocenters. The van der Waals surface area contributed by atoms with E-state index in [9.17, 15) is 9.59 Å². The minimum absolute atomic E-state index is 0.0348. The highest BCUT2D eigenvalue weighted by molar-refractivity contribution is 7.14. The maximum atomic E-state index is 12.1. The van der Waals surface area contributed by atoms with Crippen molar-refractivity contribution in [3.63, 3.8) is 0 Å². The predicted molar refractivity (Wildman–Crippen MR) is 88.7 cm³/mol. The molecule has 0 aliphatic heterocycles. The Labute approximate surface area is 135 Å². The molecule has 23 heavy (non-hydrogen) atoms. The molecule has 7 heteroatoms. The monoisotopic (exact) mass is 330 g/mol.